The molecule has 2 rings (SSSR count). The van der Waals surface area contributed by atoms with Crippen LogP contribution in [-0.4, -0.2) is 14.2 Å². The molecule has 1 heterocycles. The van der Waals surface area contributed by atoms with Crippen LogP contribution in [0.4, 0.5) is 0 Å². The van der Waals surface area contributed by atoms with Gasteiger partial charge in [0.05, 0.1) is 25.8 Å². The van der Waals surface area contributed by atoms with Gasteiger partial charge in [0.15, 0.2) is 0 Å². The fraction of sp³-hybridized carbons (Fsp3) is 0.286. The number of thiophene rings is 1. The number of hydrogen-bond acceptors (Lipinski definition) is 4. The van der Waals surface area contributed by atoms with Gasteiger partial charge in [-0.2, -0.15) is 0 Å². The monoisotopic (exact) mass is 263 g/mol. The van der Waals surface area contributed by atoms with Gasteiger partial charge in [-0.3, -0.25) is 0 Å². The molecule has 0 radical (unpaired) electrons. The van der Waals surface area contributed by atoms with E-state index in [1.54, 1.807) is 25.6 Å². The molecule has 18 heavy (non-hydrogen) atoms. The highest BCUT2D eigenvalue weighted by molar-refractivity contribution is 7.12. The molecule has 2 N–H and O–H groups in total. The van der Waals surface area contributed by atoms with Crippen molar-refractivity contribution in [3.63, 3.8) is 0 Å². The highest BCUT2D eigenvalue weighted by Gasteiger charge is 2.20. The van der Waals surface area contributed by atoms with E-state index in [2.05, 4.69) is 19.1 Å². The molecule has 1 unspecified atom stereocenters. The maximum atomic E-state index is 6.33. The van der Waals surface area contributed by atoms with Gasteiger partial charge in [-0.25, -0.2) is 0 Å². The molecule has 0 saturated heterocycles. The van der Waals surface area contributed by atoms with E-state index in [1.807, 2.05) is 18.2 Å². The topological polar surface area (TPSA) is 44.5 Å². The van der Waals surface area contributed by atoms with Crippen molar-refractivity contribution in [3.05, 3.63) is 45.6 Å². The van der Waals surface area contributed by atoms with Gasteiger partial charge in [0.2, 0.25) is 0 Å². The van der Waals surface area contributed by atoms with Crippen molar-refractivity contribution < 1.29 is 9.47 Å². The van der Waals surface area contributed by atoms with Gasteiger partial charge in [0.1, 0.15) is 11.5 Å². The number of aryl methyl sites for hydroxylation is 1. The number of rotatable bonds is 4. The first-order valence-corrected chi connectivity index (χ1v) is 6.51. The van der Waals surface area contributed by atoms with Crippen LogP contribution in [0.2, 0.25) is 0 Å². The quantitative estimate of drug-likeness (QED) is 0.921. The summed E-state index contributed by atoms with van der Waals surface area (Å²) in [5.74, 6) is 1.51. The highest BCUT2D eigenvalue weighted by atomic mass is 32.1. The van der Waals surface area contributed by atoms with Crippen LogP contribution >= 0.6 is 11.3 Å². The van der Waals surface area contributed by atoms with E-state index in [9.17, 15) is 0 Å². The molecule has 0 aliphatic heterocycles. The first kappa shape index (κ1) is 12.9. The lowest BCUT2D eigenvalue weighted by Crippen LogP contribution is -2.13. The van der Waals surface area contributed by atoms with Crippen LogP contribution in [-0.2, 0) is 0 Å². The number of methoxy groups -OCH3 is 2. The molecule has 1 atom stereocenters. The molecule has 0 saturated carbocycles. The highest BCUT2D eigenvalue weighted by Crippen LogP contribution is 2.37. The normalized spacial score (nSPS) is 12.2. The van der Waals surface area contributed by atoms with E-state index >= 15 is 0 Å². The molecular weight excluding hydrogens is 246 g/mol. The largest absolute Gasteiger partial charge is 0.496 e. The van der Waals surface area contributed by atoms with Crippen LogP contribution in [0.1, 0.15) is 21.4 Å². The second kappa shape index (κ2) is 5.42. The number of ether oxygens (including phenoxy) is 2. The van der Waals surface area contributed by atoms with Crippen LogP contribution < -0.4 is 15.2 Å². The second-order valence-electron chi connectivity index (χ2n) is 4.00. The summed E-state index contributed by atoms with van der Waals surface area (Å²) >= 11 is 1.69. The Bertz CT molecular complexity index is 514. The molecule has 4 heteroatoms. The van der Waals surface area contributed by atoms with E-state index in [1.165, 1.54) is 4.88 Å². The molecule has 1 aromatic carbocycles. The van der Waals surface area contributed by atoms with Crippen molar-refractivity contribution in [2.24, 2.45) is 5.73 Å². The van der Waals surface area contributed by atoms with Crippen molar-refractivity contribution in [3.8, 4) is 11.5 Å². The van der Waals surface area contributed by atoms with E-state index < -0.39 is 0 Å². The lowest BCUT2D eigenvalue weighted by atomic mass is 10.0. The lowest BCUT2D eigenvalue weighted by Gasteiger charge is -2.17. The van der Waals surface area contributed by atoms with Crippen molar-refractivity contribution in [1.82, 2.24) is 0 Å². The SMILES string of the molecule is COc1cccc(OC)c1C(N)c1ccc(C)s1. The Morgan fingerprint density at radius 1 is 1.06 bits per heavy atom. The number of benzene rings is 1. The average Bonchev–Trinajstić information content (AvgIpc) is 2.83. The minimum absolute atomic E-state index is 0.227. The Balaban J connectivity index is 2.48. The van der Waals surface area contributed by atoms with Crippen LogP contribution in [0.15, 0.2) is 30.3 Å². The summed E-state index contributed by atoms with van der Waals surface area (Å²) < 4.78 is 10.8. The lowest BCUT2D eigenvalue weighted by molar-refractivity contribution is 0.382. The van der Waals surface area contributed by atoms with Crippen LogP contribution in [0.5, 0.6) is 11.5 Å². The molecule has 3 nitrogen and oxygen atoms in total. The summed E-state index contributed by atoms with van der Waals surface area (Å²) in [6, 6.07) is 9.59. The first-order valence-electron chi connectivity index (χ1n) is 5.70. The molecule has 96 valence electrons. The molecule has 0 spiro atoms. The predicted octanol–water partition coefficient (Wildman–Crippen LogP) is 3.12. The van der Waals surface area contributed by atoms with Gasteiger partial charge >= 0.3 is 0 Å². The van der Waals surface area contributed by atoms with Crippen molar-refractivity contribution in [1.29, 1.82) is 0 Å². The summed E-state index contributed by atoms with van der Waals surface area (Å²) in [6.45, 7) is 2.07. The standard InChI is InChI=1S/C14H17NO2S/c1-9-7-8-12(18-9)14(15)13-10(16-2)5-4-6-11(13)17-3/h4-8,14H,15H2,1-3H3. The predicted molar refractivity (Wildman–Crippen MR) is 74.6 cm³/mol. The number of hydrogen-bond donors (Lipinski definition) is 1. The third kappa shape index (κ3) is 2.35. The summed E-state index contributed by atoms with van der Waals surface area (Å²) in [6.07, 6.45) is 0. The van der Waals surface area contributed by atoms with Gasteiger partial charge in [0.25, 0.3) is 0 Å². The van der Waals surface area contributed by atoms with Gasteiger partial charge < -0.3 is 15.2 Å². The summed E-state index contributed by atoms with van der Waals surface area (Å²) in [5.41, 5.74) is 7.23. The second-order valence-corrected chi connectivity index (χ2v) is 5.32. The van der Waals surface area contributed by atoms with E-state index in [0.717, 1.165) is 21.9 Å². The molecule has 2 aromatic rings. The Kier molecular flexibility index (Phi) is 3.89. The molecule has 0 bridgehead atoms. The zero-order valence-electron chi connectivity index (χ0n) is 10.8. The zero-order valence-corrected chi connectivity index (χ0v) is 11.6. The van der Waals surface area contributed by atoms with Gasteiger partial charge in [-0.05, 0) is 31.2 Å². The van der Waals surface area contributed by atoms with E-state index in [4.69, 9.17) is 15.2 Å². The Morgan fingerprint density at radius 2 is 1.67 bits per heavy atom. The smallest absolute Gasteiger partial charge is 0.127 e. The number of nitrogens with two attached hydrogens (primary N) is 1. The first-order chi connectivity index (χ1) is 8.67. The molecule has 0 fully saturated rings. The van der Waals surface area contributed by atoms with Crippen LogP contribution in [0.25, 0.3) is 0 Å². The van der Waals surface area contributed by atoms with Crippen LogP contribution in [0.3, 0.4) is 0 Å². The summed E-state index contributed by atoms with van der Waals surface area (Å²) in [7, 11) is 3.29. The fourth-order valence-electron chi connectivity index (χ4n) is 1.95. The Morgan fingerprint density at radius 3 is 2.11 bits per heavy atom. The molecule has 0 amide bonds. The van der Waals surface area contributed by atoms with Gasteiger partial charge in [-0.15, -0.1) is 11.3 Å². The van der Waals surface area contributed by atoms with Gasteiger partial charge in [-0.1, -0.05) is 6.07 Å². The van der Waals surface area contributed by atoms with Gasteiger partial charge in [0, 0.05) is 9.75 Å². The molecule has 0 aliphatic carbocycles. The molecular formula is C14H17NO2S. The maximum absolute atomic E-state index is 6.33. The van der Waals surface area contributed by atoms with E-state index in [0.29, 0.717) is 0 Å². The average molecular weight is 263 g/mol. The minimum atomic E-state index is -0.227. The third-order valence-electron chi connectivity index (χ3n) is 2.84. The molecule has 0 aliphatic rings. The van der Waals surface area contributed by atoms with Crippen molar-refractivity contribution in [2.75, 3.05) is 14.2 Å². The Labute approximate surface area is 111 Å². The van der Waals surface area contributed by atoms with E-state index in [-0.39, 0.29) is 6.04 Å². The Hall–Kier alpha value is -1.52. The fourth-order valence-corrected chi connectivity index (χ4v) is 2.84. The summed E-state index contributed by atoms with van der Waals surface area (Å²) in [5, 5.41) is 0. The summed E-state index contributed by atoms with van der Waals surface area (Å²) in [4.78, 5) is 2.35. The van der Waals surface area contributed by atoms with Crippen molar-refractivity contribution in [2.45, 2.75) is 13.0 Å². The van der Waals surface area contributed by atoms with Crippen molar-refractivity contribution >= 4 is 11.3 Å². The van der Waals surface area contributed by atoms with Crippen LogP contribution in [0, 0.1) is 6.92 Å². The minimum Gasteiger partial charge on any atom is -0.496 e. The maximum Gasteiger partial charge on any atom is 0.127 e. The molecule has 1 aromatic heterocycles. The zero-order chi connectivity index (χ0) is 13.1. The third-order valence-corrected chi connectivity index (χ3v) is 3.93.